The number of amides is 1. The van der Waals surface area contributed by atoms with E-state index in [2.05, 4.69) is 37.0 Å². The largest absolute Gasteiger partial charge is 0.409 e. The maximum Gasteiger partial charge on any atom is 0.253 e. The molecule has 0 radical (unpaired) electrons. The van der Waals surface area contributed by atoms with Crippen molar-refractivity contribution in [3.8, 4) is 0 Å². The van der Waals surface area contributed by atoms with Crippen LogP contribution < -0.4 is 5.73 Å². The van der Waals surface area contributed by atoms with Gasteiger partial charge in [0.15, 0.2) is 0 Å². The number of carbonyl (C=O) groups is 1. The molecule has 5 nitrogen and oxygen atoms in total. The van der Waals surface area contributed by atoms with Crippen molar-refractivity contribution < 1.29 is 10.0 Å². The summed E-state index contributed by atoms with van der Waals surface area (Å²) in [5.74, 6) is -0.0205. The smallest absolute Gasteiger partial charge is 0.253 e. The number of halogens is 2. The first-order valence-electron chi connectivity index (χ1n) is 5.12. The molecule has 0 fully saturated rings. The Labute approximate surface area is 122 Å². The maximum atomic E-state index is 12.1. The summed E-state index contributed by atoms with van der Waals surface area (Å²) in [6.07, 6.45) is 0.327. The molecule has 0 atom stereocenters. The van der Waals surface area contributed by atoms with E-state index in [1.807, 2.05) is 6.07 Å². The molecule has 0 saturated carbocycles. The number of amidine groups is 1. The van der Waals surface area contributed by atoms with Gasteiger partial charge in [-0.25, -0.2) is 0 Å². The van der Waals surface area contributed by atoms with E-state index >= 15 is 0 Å². The van der Waals surface area contributed by atoms with Crippen LogP contribution in [-0.2, 0) is 0 Å². The third kappa shape index (κ3) is 4.30. The van der Waals surface area contributed by atoms with Crippen LogP contribution in [0.5, 0.6) is 0 Å². The number of hydrogen-bond acceptors (Lipinski definition) is 3. The molecule has 1 amide bonds. The summed E-state index contributed by atoms with van der Waals surface area (Å²) in [5, 5.41) is 11.3. The predicted octanol–water partition coefficient (Wildman–Crippen LogP) is 2.42. The zero-order valence-electron chi connectivity index (χ0n) is 9.73. The summed E-state index contributed by atoms with van der Waals surface area (Å²) >= 11 is 6.66. The highest BCUT2D eigenvalue weighted by atomic mass is 79.9. The monoisotopic (exact) mass is 377 g/mol. The highest BCUT2D eigenvalue weighted by Crippen LogP contribution is 2.20. The fourth-order valence-electron chi connectivity index (χ4n) is 1.33. The zero-order valence-corrected chi connectivity index (χ0v) is 12.9. The Balaban J connectivity index is 2.74. The topological polar surface area (TPSA) is 78.9 Å². The van der Waals surface area contributed by atoms with Crippen molar-refractivity contribution in [2.24, 2.45) is 10.9 Å². The first kappa shape index (κ1) is 15.0. The van der Waals surface area contributed by atoms with Crippen molar-refractivity contribution in [2.45, 2.75) is 6.42 Å². The van der Waals surface area contributed by atoms with Gasteiger partial charge in [0.2, 0.25) is 0 Å². The number of oxime groups is 1. The summed E-state index contributed by atoms with van der Waals surface area (Å²) < 4.78 is 1.65. The molecule has 0 spiro atoms. The molecule has 1 rings (SSSR count). The molecule has 1 aromatic carbocycles. The maximum absolute atomic E-state index is 12.1. The van der Waals surface area contributed by atoms with Crippen LogP contribution in [0.3, 0.4) is 0 Å². The standard InChI is InChI=1S/C11H13Br2N3O2/c1-16(3-2-10(14)15-18)11(17)7-4-8(12)6-9(13)5-7/h4-6,18H,2-3H2,1H3,(H2,14,15). The van der Waals surface area contributed by atoms with Gasteiger partial charge < -0.3 is 15.8 Å². The summed E-state index contributed by atoms with van der Waals surface area (Å²) in [7, 11) is 1.67. The summed E-state index contributed by atoms with van der Waals surface area (Å²) in [4.78, 5) is 13.6. The lowest BCUT2D eigenvalue weighted by molar-refractivity contribution is 0.0798. The molecule has 7 heteroatoms. The summed E-state index contributed by atoms with van der Waals surface area (Å²) in [5.41, 5.74) is 5.92. The minimum atomic E-state index is -0.122. The predicted molar refractivity (Wildman–Crippen MR) is 76.8 cm³/mol. The van der Waals surface area contributed by atoms with Crippen LogP contribution in [0.25, 0.3) is 0 Å². The zero-order chi connectivity index (χ0) is 13.7. The molecular formula is C11H13Br2N3O2. The van der Waals surface area contributed by atoms with E-state index in [4.69, 9.17) is 10.9 Å². The van der Waals surface area contributed by atoms with E-state index in [9.17, 15) is 4.79 Å². The van der Waals surface area contributed by atoms with Crippen LogP contribution in [0, 0.1) is 0 Å². The second kappa shape index (κ2) is 6.75. The third-order valence-electron chi connectivity index (χ3n) is 2.29. The molecule has 0 aliphatic carbocycles. The van der Waals surface area contributed by atoms with Gasteiger partial charge in [0.05, 0.1) is 0 Å². The number of hydrogen-bond donors (Lipinski definition) is 2. The van der Waals surface area contributed by atoms with Crippen LogP contribution in [0.15, 0.2) is 32.3 Å². The lowest BCUT2D eigenvalue weighted by Gasteiger charge is -2.17. The number of carbonyl (C=O) groups excluding carboxylic acids is 1. The average Bonchev–Trinajstić information content (AvgIpc) is 2.33. The Hall–Kier alpha value is -1.08. The molecule has 0 bridgehead atoms. The van der Waals surface area contributed by atoms with Gasteiger partial charge in [0, 0.05) is 34.5 Å². The summed E-state index contributed by atoms with van der Waals surface area (Å²) in [6, 6.07) is 5.34. The van der Waals surface area contributed by atoms with Gasteiger partial charge >= 0.3 is 0 Å². The first-order valence-corrected chi connectivity index (χ1v) is 6.70. The fraction of sp³-hybridized carbons (Fsp3) is 0.273. The Morgan fingerprint density at radius 3 is 2.44 bits per heavy atom. The van der Waals surface area contributed by atoms with Crippen molar-refractivity contribution in [3.63, 3.8) is 0 Å². The number of benzene rings is 1. The number of rotatable bonds is 4. The van der Waals surface area contributed by atoms with E-state index in [1.54, 1.807) is 19.2 Å². The molecule has 3 N–H and O–H groups in total. The average molecular weight is 379 g/mol. The molecule has 0 heterocycles. The molecule has 98 valence electrons. The molecule has 0 saturated heterocycles. The fourth-order valence-corrected chi connectivity index (χ4v) is 2.63. The van der Waals surface area contributed by atoms with Gasteiger partial charge in [-0.2, -0.15) is 0 Å². The van der Waals surface area contributed by atoms with Crippen molar-refractivity contribution in [1.29, 1.82) is 0 Å². The van der Waals surface area contributed by atoms with Crippen molar-refractivity contribution in [1.82, 2.24) is 4.90 Å². The third-order valence-corrected chi connectivity index (χ3v) is 3.20. The Morgan fingerprint density at radius 2 is 1.94 bits per heavy atom. The minimum Gasteiger partial charge on any atom is -0.409 e. The number of nitrogens with two attached hydrogens (primary N) is 1. The lowest BCUT2D eigenvalue weighted by atomic mass is 10.2. The van der Waals surface area contributed by atoms with Crippen LogP contribution >= 0.6 is 31.9 Å². The number of nitrogens with zero attached hydrogens (tertiary/aromatic N) is 2. The van der Waals surface area contributed by atoms with Gasteiger partial charge in [-0.1, -0.05) is 37.0 Å². The lowest BCUT2D eigenvalue weighted by Crippen LogP contribution is -2.30. The van der Waals surface area contributed by atoms with E-state index in [-0.39, 0.29) is 11.7 Å². The van der Waals surface area contributed by atoms with Gasteiger partial charge in [0.1, 0.15) is 5.84 Å². The van der Waals surface area contributed by atoms with Crippen molar-refractivity contribution in [3.05, 3.63) is 32.7 Å². The van der Waals surface area contributed by atoms with E-state index < -0.39 is 0 Å². The van der Waals surface area contributed by atoms with E-state index in [0.717, 1.165) is 8.95 Å². The van der Waals surface area contributed by atoms with E-state index in [0.29, 0.717) is 18.5 Å². The second-order valence-corrected chi connectivity index (χ2v) is 5.56. The Kier molecular flexibility index (Phi) is 5.61. The first-order chi connectivity index (χ1) is 8.43. The van der Waals surface area contributed by atoms with Gasteiger partial charge in [-0.3, -0.25) is 4.79 Å². The molecular weight excluding hydrogens is 366 g/mol. The highest BCUT2D eigenvalue weighted by Gasteiger charge is 2.13. The van der Waals surface area contributed by atoms with Gasteiger partial charge in [-0.15, -0.1) is 0 Å². The van der Waals surface area contributed by atoms with E-state index in [1.165, 1.54) is 4.90 Å². The summed E-state index contributed by atoms with van der Waals surface area (Å²) in [6.45, 7) is 0.388. The van der Waals surface area contributed by atoms with Crippen molar-refractivity contribution >= 4 is 43.6 Å². The Bertz CT molecular complexity index is 457. The minimum absolute atomic E-state index is 0.102. The van der Waals surface area contributed by atoms with Gasteiger partial charge in [0.25, 0.3) is 5.91 Å². The molecule has 0 unspecified atom stereocenters. The second-order valence-electron chi connectivity index (χ2n) is 3.73. The highest BCUT2D eigenvalue weighted by molar-refractivity contribution is 9.11. The quantitative estimate of drug-likeness (QED) is 0.365. The normalized spacial score (nSPS) is 11.4. The van der Waals surface area contributed by atoms with Crippen LogP contribution in [-0.4, -0.2) is 35.4 Å². The molecule has 0 aromatic heterocycles. The van der Waals surface area contributed by atoms with Gasteiger partial charge in [-0.05, 0) is 18.2 Å². The van der Waals surface area contributed by atoms with Crippen LogP contribution in [0.2, 0.25) is 0 Å². The van der Waals surface area contributed by atoms with Crippen molar-refractivity contribution in [2.75, 3.05) is 13.6 Å². The Morgan fingerprint density at radius 1 is 1.39 bits per heavy atom. The SMILES string of the molecule is CN(CC/C(N)=N/O)C(=O)c1cc(Br)cc(Br)c1. The molecule has 1 aromatic rings. The van der Waals surface area contributed by atoms with Crippen LogP contribution in [0.1, 0.15) is 16.8 Å². The molecule has 0 aliphatic heterocycles. The molecule has 0 aliphatic rings. The molecule has 18 heavy (non-hydrogen) atoms. The van der Waals surface area contributed by atoms with Crippen LogP contribution in [0.4, 0.5) is 0 Å².